The third kappa shape index (κ3) is 3.89. The molecule has 5 heteroatoms. The summed E-state index contributed by atoms with van der Waals surface area (Å²) in [6.07, 6.45) is 0. The van der Waals surface area contributed by atoms with Crippen LogP contribution in [0.4, 0.5) is 5.69 Å². The van der Waals surface area contributed by atoms with Gasteiger partial charge in [0.25, 0.3) is 0 Å². The van der Waals surface area contributed by atoms with Gasteiger partial charge in [-0.15, -0.1) is 0 Å². The molecule has 0 aliphatic carbocycles. The second-order valence-electron chi connectivity index (χ2n) is 3.91. The summed E-state index contributed by atoms with van der Waals surface area (Å²) in [6, 6.07) is 15.1. The van der Waals surface area contributed by atoms with Gasteiger partial charge in [-0.05, 0) is 0 Å². The predicted molar refractivity (Wildman–Crippen MR) is 86.8 cm³/mol. The van der Waals surface area contributed by atoms with Gasteiger partial charge >= 0.3 is 136 Å². The van der Waals surface area contributed by atoms with Gasteiger partial charge in [-0.3, -0.25) is 0 Å². The van der Waals surface area contributed by atoms with Gasteiger partial charge < -0.3 is 0 Å². The first kappa shape index (κ1) is 15.2. The second kappa shape index (κ2) is 7.54. The van der Waals surface area contributed by atoms with Crippen molar-refractivity contribution in [2.24, 2.45) is 9.98 Å². The van der Waals surface area contributed by atoms with Crippen LogP contribution in [-0.4, -0.2) is 26.1 Å². The molecule has 0 bridgehead atoms. The molecule has 0 atom stereocenters. The van der Waals surface area contributed by atoms with Crippen LogP contribution in [0.15, 0.2) is 58.5 Å². The Labute approximate surface area is 135 Å². The summed E-state index contributed by atoms with van der Waals surface area (Å²) in [6.45, 7) is 0. The first-order valence-corrected chi connectivity index (χ1v) is 7.58. The molecule has 0 unspecified atom stereocenters. The second-order valence-corrected chi connectivity index (χ2v) is 5.00. The average molecular weight is 368 g/mol. The van der Waals surface area contributed by atoms with Gasteiger partial charge in [0.2, 0.25) is 0 Å². The quantitative estimate of drug-likeness (QED) is 0.335. The molecule has 0 heterocycles. The van der Waals surface area contributed by atoms with E-state index in [-0.39, 0.29) is 0 Å². The molecule has 0 saturated carbocycles. The van der Waals surface area contributed by atoms with Crippen molar-refractivity contribution in [3.63, 3.8) is 0 Å². The number of alkyl halides is 1. The molecule has 0 aliphatic heterocycles. The number of rotatable bonds is 3. The van der Waals surface area contributed by atoms with Crippen molar-refractivity contribution in [1.82, 2.24) is 0 Å². The van der Waals surface area contributed by atoms with Gasteiger partial charge in [0.15, 0.2) is 0 Å². The van der Waals surface area contributed by atoms with Gasteiger partial charge in [-0.1, -0.05) is 0 Å². The Morgan fingerprint density at radius 1 is 1.15 bits per heavy atom. The van der Waals surface area contributed by atoms with Crippen LogP contribution >= 0.6 is 23.2 Å². The van der Waals surface area contributed by atoms with Crippen molar-refractivity contribution >= 4 is 55.0 Å². The van der Waals surface area contributed by atoms with E-state index in [0.29, 0.717) is 16.7 Å². The Morgan fingerprint density at radius 2 is 1.90 bits per heavy atom. The van der Waals surface area contributed by atoms with Crippen LogP contribution in [0.5, 0.6) is 0 Å². The summed E-state index contributed by atoms with van der Waals surface area (Å²) in [5.74, 6) is 0.908. The Kier molecular flexibility index (Phi) is 5.72. The van der Waals surface area contributed by atoms with E-state index < -0.39 is 0 Å². The van der Waals surface area contributed by atoms with Crippen LogP contribution in [-0.2, 0) is 5.88 Å². The zero-order valence-electron chi connectivity index (χ0n) is 10.4. The number of nitrogens with zero attached hydrogens (tertiary/aromatic N) is 2. The van der Waals surface area contributed by atoms with Gasteiger partial charge in [0.05, 0.1) is 0 Å². The maximum atomic E-state index is 5.96. The SMILES string of the molecule is ClCc1cc(Cl)ccc1N=C(N=C=[Se])c1ccccc1. The van der Waals surface area contributed by atoms with Crippen LogP contribution in [0.3, 0.4) is 0 Å². The first-order valence-electron chi connectivity index (χ1n) is 5.81. The van der Waals surface area contributed by atoms with Crippen LogP contribution in [0.25, 0.3) is 0 Å². The fourth-order valence-electron chi connectivity index (χ4n) is 1.67. The van der Waals surface area contributed by atoms with Crippen molar-refractivity contribution in [3.05, 3.63) is 64.7 Å². The zero-order valence-corrected chi connectivity index (χ0v) is 13.6. The van der Waals surface area contributed by atoms with Crippen LogP contribution in [0.1, 0.15) is 11.1 Å². The van der Waals surface area contributed by atoms with E-state index in [9.17, 15) is 0 Å². The van der Waals surface area contributed by atoms with E-state index in [0.717, 1.165) is 16.8 Å². The summed E-state index contributed by atoms with van der Waals surface area (Å²) in [7, 11) is 0. The third-order valence-corrected chi connectivity index (χ3v) is 3.31. The Morgan fingerprint density at radius 3 is 2.55 bits per heavy atom. The minimum absolute atomic E-state index is 0.340. The number of amidine groups is 1. The van der Waals surface area contributed by atoms with Gasteiger partial charge in [0, 0.05) is 0 Å². The Hall–Kier alpha value is -1.21. The average Bonchev–Trinajstić information content (AvgIpc) is 2.49. The molecule has 0 fully saturated rings. The van der Waals surface area contributed by atoms with Crippen LogP contribution in [0, 0.1) is 0 Å². The molecule has 100 valence electrons. The number of hydrogen-bond acceptors (Lipinski definition) is 1. The van der Waals surface area contributed by atoms with Crippen molar-refractivity contribution in [3.8, 4) is 0 Å². The number of halogens is 2. The normalized spacial score (nSPS) is 11.0. The predicted octanol–water partition coefficient (Wildman–Crippen LogP) is 4.23. The molecular formula is C15H10Cl2N2Se. The molecule has 20 heavy (non-hydrogen) atoms. The molecule has 2 aromatic carbocycles. The topological polar surface area (TPSA) is 24.7 Å². The minimum atomic E-state index is 0.340. The monoisotopic (exact) mass is 368 g/mol. The summed E-state index contributed by atoms with van der Waals surface area (Å²) >= 11 is 14.5. The number of hydrogen-bond donors (Lipinski definition) is 0. The molecule has 0 aliphatic rings. The molecule has 0 radical (unpaired) electrons. The first-order chi connectivity index (χ1) is 9.74. The summed E-state index contributed by atoms with van der Waals surface area (Å²) in [5, 5.41) is 0.639. The number of benzene rings is 2. The molecule has 2 nitrogen and oxygen atoms in total. The molecule has 0 N–H and O–H groups in total. The summed E-state index contributed by atoms with van der Waals surface area (Å²) < 4.78 is 2.65. The van der Waals surface area contributed by atoms with Crippen molar-refractivity contribution < 1.29 is 0 Å². The molecule has 2 rings (SSSR count). The fraction of sp³-hybridized carbons (Fsp3) is 0.0667. The van der Waals surface area contributed by atoms with Gasteiger partial charge in [-0.25, -0.2) is 0 Å². The van der Waals surface area contributed by atoms with Crippen molar-refractivity contribution in [2.45, 2.75) is 5.88 Å². The van der Waals surface area contributed by atoms with E-state index in [2.05, 4.69) is 30.3 Å². The standard InChI is InChI=1S/C15H10Cl2N2Se/c16-9-12-8-13(17)6-7-14(12)19-15(18-10-20)11-4-2-1-3-5-11/h1-8H,9H2. The Balaban J connectivity index is 2.52. The van der Waals surface area contributed by atoms with E-state index >= 15 is 0 Å². The molecular weight excluding hydrogens is 358 g/mol. The Bertz CT molecular complexity index is 678. The third-order valence-electron chi connectivity index (χ3n) is 2.60. The van der Waals surface area contributed by atoms with Crippen molar-refractivity contribution in [2.75, 3.05) is 0 Å². The summed E-state index contributed by atoms with van der Waals surface area (Å²) in [4.78, 5) is 8.71. The molecule has 0 saturated heterocycles. The van der Waals surface area contributed by atoms with Crippen LogP contribution in [0.2, 0.25) is 5.02 Å². The van der Waals surface area contributed by atoms with Crippen LogP contribution < -0.4 is 0 Å². The van der Waals surface area contributed by atoms with E-state index in [1.807, 2.05) is 42.5 Å². The van der Waals surface area contributed by atoms with Crippen molar-refractivity contribution in [1.29, 1.82) is 0 Å². The maximum absolute atomic E-state index is 5.96. The van der Waals surface area contributed by atoms with E-state index in [1.165, 1.54) is 0 Å². The number of aliphatic imine (C=N–C) groups is 2. The fourth-order valence-corrected chi connectivity index (χ4v) is 2.26. The molecule has 0 amide bonds. The van der Waals surface area contributed by atoms with E-state index in [1.54, 1.807) is 6.07 Å². The van der Waals surface area contributed by atoms with E-state index in [4.69, 9.17) is 23.2 Å². The van der Waals surface area contributed by atoms with Gasteiger partial charge in [0.1, 0.15) is 0 Å². The summed E-state index contributed by atoms with van der Waals surface area (Å²) in [5.41, 5.74) is 2.52. The zero-order chi connectivity index (χ0) is 14.4. The molecule has 0 aromatic heterocycles. The van der Waals surface area contributed by atoms with Gasteiger partial charge in [-0.2, -0.15) is 0 Å². The molecule has 2 aromatic rings. The molecule has 0 spiro atoms.